The average Bonchev–Trinajstić information content (AvgIpc) is 2.34. The van der Waals surface area contributed by atoms with Crippen molar-refractivity contribution in [3.8, 4) is 5.75 Å². The second kappa shape index (κ2) is 6.16. The molecular formula is C13H8BrCl3O. The van der Waals surface area contributed by atoms with Crippen LogP contribution in [-0.2, 0) is 6.61 Å². The highest BCUT2D eigenvalue weighted by atomic mass is 79.9. The first-order chi connectivity index (χ1) is 8.56. The maximum absolute atomic E-state index is 6.05. The molecule has 5 heteroatoms. The minimum atomic E-state index is 0.315. The zero-order valence-electron chi connectivity index (χ0n) is 9.09. The third kappa shape index (κ3) is 3.55. The molecule has 0 atom stereocenters. The van der Waals surface area contributed by atoms with Gasteiger partial charge in [0.2, 0.25) is 0 Å². The van der Waals surface area contributed by atoms with E-state index in [1.54, 1.807) is 30.3 Å². The molecule has 94 valence electrons. The molecule has 0 saturated carbocycles. The quantitative estimate of drug-likeness (QED) is 0.648. The van der Waals surface area contributed by atoms with Crippen molar-refractivity contribution >= 4 is 50.7 Å². The Labute approximate surface area is 129 Å². The molecule has 18 heavy (non-hydrogen) atoms. The maximum atomic E-state index is 6.05. The number of rotatable bonds is 3. The molecule has 0 aromatic heterocycles. The van der Waals surface area contributed by atoms with Gasteiger partial charge < -0.3 is 4.74 Å². The first-order valence-corrected chi connectivity index (χ1v) is 7.01. The van der Waals surface area contributed by atoms with Gasteiger partial charge in [-0.2, -0.15) is 0 Å². The normalized spacial score (nSPS) is 10.4. The summed E-state index contributed by atoms with van der Waals surface area (Å²) in [6.45, 7) is 0.315. The highest BCUT2D eigenvalue weighted by Crippen LogP contribution is 2.29. The van der Waals surface area contributed by atoms with Gasteiger partial charge in [0.05, 0.1) is 5.02 Å². The van der Waals surface area contributed by atoms with Crippen molar-refractivity contribution < 1.29 is 4.74 Å². The molecule has 0 heterocycles. The summed E-state index contributed by atoms with van der Waals surface area (Å²) in [6.07, 6.45) is 0. The van der Waals surface area contributed by atoms with Crippen molar-refractivity contribution in [1.29, 1.82) is 0 Å². The fraction of sp³-hybridized carbons (Fsp3) is 0.0769. The fourth-order valence-electron chi connectivity index (χ4n) is 1.40. The zero-order chi connectivity index (χ0) is 13.1. The summed E-state index contributed by atoms with van der Waals surface area (Å²) in [7, 11) is 0. The van der Waals surface area contributed by atoms with Crippen molar-refractivity contribution in [1.82, 2.24) is 0 Å². The topological polar surface area (TPSA) is 9.23 Å². The Morgan fingerprint density at radius 3 is 2.44 bits per heavy atom. The van der Waals surface area contributed by atoms with Crippen LogP contribution in [0, 0.1) is 0 Å². The number of hydrogen-bond donors (Lipinski definition) is 0. The van der Waals surface area contributed by atoms with Crippen LogP contribution in [0.2, 0.25) is 15.1 Å². The van der Waals surface area contributed by atoms with E-state index in [1.807, 2.05) is 6.07 Å². The van der Waals surface area contributed by atoms with Crippen LogP contribution in [0.15, 0.2) is 40.9 Å². The van der Waals surface area contributed by atoms with Crippen LogP contribution < -0.4 is 4.74 Å². The lowest BCUT2D eigenvalue weighted by Gasteiger charge is -2.10. The molecule has 0 saturated heterocycles. The Hall–Kier alpha value is -0.410. The minimum Gasteiger partial charge on any atom is -0.487 e. The van der Waals surface area contributed by atoms with Crippen LogP contribution in [-0.4, -0.2) is 0 Å². The lowest BCUT2D eigenvalue weighted by atomic mass is 10.2. The van der Waals surface area contributed by atoms with Gasteiger partial charge in [-0.25, -0.2) is 0 Å². The predicted molar refractivity (Wildman–Crippen MR) is 79.9 cm³/mol. The number of benzene rings is 2. The van der Waals surface area contributed by atoms with E-state index in [4.69, 9.17) is 39.5 Å². The highest BCUT2D eigenvalue weighted by molar-refractivity contribution is 9.10. The minimum absolute atomic E-state index is 0.315. The van der Waals surface area contributed by atoms with Crippen molar-refractivity contribution in [2.75, 3.05) is 0 Å². The number of halogens is 4. The van der Waals surface area contributed by atoms with Gasteiger partial charge in [0.1, 0.15) is 12.4 Å². The second-order valence-electron chi connectivity index (χ2n) is 3.60. The Morgan fingerprint density at radius 1 is 0.944 bits per heavy atom. The van der Waals surface area contributed by atoms with E-state index in [0.717, 1.165) is 10.0 Å². The Kier molecular flexibility index (Phi) is 4.79. The van der Waals surface area contributed by atoms with E-state index in [2.05, 4.69) is 15.9 Å². The van der Waals surface area contributed by atoms with E-state index >= 15 is 0 Å². The summed E-state index contributed by atoms with van der Waals surface area (Å²) in [4.78, 5) is 0. The summed E-state index contributed by atoms with van der Waals surface area (Å²) in [6, 6.07) is 10.7. The SMILES string of the molecule is Clc1ccc(Cl)c(COc2cc(Br)ccc2Cl)c1. The molecule has 1 nitrogen and oxygen atoms in total. The van der Waals surface area contributed by atoms with Gasteiger partial charge in [0.25, 0.3) is 0 Å². The summed E-state index contributed by atoms with van der Waals surface area (Å²) < 4.78 is 6.54. The summed E-state index contributed by atoms with van der Waals surface area (Å²) in [5.41, 5.74) is 0.820. The highest BCUT2D eigenvalue weighted by Gasteiger charge is 2.06. The molecule has 0 spiro atoms. The summed E-state index contributed by atoms with van der Waals surface area (Å²) in [5, 5.41) is 1.79. The fourth-order valence-corrected chi connectivity index (χ4v) is 2.28. The molecule has 0 fully saturated rings. The van der Waals surface area contributed by atoms with Crippen LogP contribution in [0.3, 0.4) is 0 Å². The van der Waals surface area contributed by atoms with Crippen molar-refractivity contribution in [2.45, 2.75) is 6.61 Å². The molecule has 0 aliphatic carbocycles. The Balaban J connectivity index is 2.16. The van der Waals surface area contributed by atoms with Gasteiger partial charge in [-0.1, -0.05) is 50.7 Å². The predicted octanol–water partition coefficient (Wildman–Crippen LogP) is 5.99. The first-order valence-electron chi connectivity index (χ1n) is 5.08. The maximum Gasteiger partial charge on any atom is 0.139 e. The van der Waals surface area contributed by atoms with Gasteiger partial charge in [-0.15, -0.1) is 0 Å². The van der Waals surface area contributed by atoms with Crippen LogP contribution in [0.25, 0.3) is 0 Å². The third-order valence-corrected chi connectivity index (χ3v) is 3.69. The lowest BCUT2D eigenvalue weighted by molar-refractivity contribution is 0.306. The van der Waals surface area contributed by atoms with Crippen molar-refractivity contribution in [2.24, 2.45) is 0 Å². The third-order valence-electron chi connectivity index (χ3n) is 2.28. The molecule has 2 aromatic rings. The molecule has 2 aromatic carbocycles. The largest absolute Gasteiger partial charge is 0.487 e. The lowest BCUT2D eigenvalue weighted by Crippen LogP contribution is -1.97. The van der Waals surface area contributed by atoms with Crippen molar-refractivity contribution in [3.63, 3.8) is 0 Å². The Bertz CT molecular complexity index is 521. The van der Waals surface area contributed by atoms with Gasteiger partial charge in [0, 0.05) is 20.1 Å². The second-order valence-corrected chi connectivity index (χ2v) is 5.77. The monoisotopic (exact) mass is 364 g/mol. The van der Waals surface area contributed by atoms with Crippen LogP contribution in [0.5, 0.6) is 5.75 Å². The smallest absolute Gasteiger partial charge is 0.139 e. The molecule has 0 radical (unpaired) electrons. The van der Waals surface area contributed by atoms with E-state index in [1.165, 1.54) is 0 Å². The van der Waals surface area contributed by atoms with E-state index < -0.39 is 0 Å². The van der Waals surface area contributed by atoms with E-state index in [0.29, 0.717) is 27.4 Å². The number of hydrogen-bond acceptors (Lipinski definition) is 1. The standard InChI is InChI=1S/C13H8BrCl3O/c14-9-1-3-12(17)13(6-9)18-7-8-5-10(15)2-4-11(8)16/h1-6H,7H2. The van der Waals surface area contributed by atoms with Gasteiger partial charge in [-0.3, -0.25) is 0 Å². The van der Waals surface area contributed by atoms with Crippen LogP contribution in [0.1, 0.15) is 5.56 Å². The summed E-state index contributed by atoms with van der Waals surface area (Å²) >= 11 is 21.4. The molecule has 0 aliphatic rings. The Morgan fingerprint density at radius 2 is 1.67 bits per heavy atom. The first kappa shape index (κ1) is 14.0. The van der Waals surface area contributed by atoms with E-state index in [-0.39, 0.29) is 0 Å². The molecule has 0 aliphatic heterocycles. The molecule has 2 rings (SSSR count). The molecule has 0 bridgehead atoms. The average molecular weight is 366 g/mol. The van der Waals surface area contributed by atoms with Crippen LogP contribution in [0.4, 0.5) is 0 Å². The van der Waals surface area contributed by atoms with Gasteiger partial charge >= 0.3 is 0 Å². The van der Waals surface area contributed by atoms with Gasteiger partial charge in [0.15, 0.2) is 0 Å². The molecular weight excluding hydrogens is 358 g/mol. The molecule has 0 amide bonds. The summed E-state index contributed by atoms with van der Waals surface area (Å²) in [5.74, 6) is 0.599. The van der Waals surface area contributed by atoms with Gasteiger partial charge in [-0.05, 0) is 36.4 Å². The molecule has 0 N–H and O–H groups in total. The number of ether oxygens (including phenoxy) is 1. The van der Waals surface area contributed by atoms with Crippen molar-refractivity contribution in [3.05, 3.63) is 61.5 Å². The molecule has 0 unspecified atom stereocenters. The zero-order valence-corrected chi connectivity index (χ0v) is 12.9. The van der Waals surface area contributed by atoms with E-state index in [9.17, 15) is 0 Å². The van der Waals surface area contributed by atoms with Crippen LogP contribution >= 0.6 is 50.7 Å².